The Labute approximate surface area is 140 Å². The number of amides is 1. The van der Waals surface area contributed by atoms with Gasteiger partial charge in [0, 0.05) is 12.3 Å². The van der Waals surface area contributed by atoms with Gasteiger partial charge in [-0.1, -0.05) is 13.3 Å². The summed E-state index contributed by atoms with van der Waals surface area (Å²) < 4.78 is 1.37. The van der Waals surface area contributed by atoms with Gasteiger partial charge in [0.05, 0.1) is 0 Å². The van der Waals surface area contributed by atoms with Crippen LogP contribution < -0.4 is 10.9 Å². The van der Waals surface area contributed by atoms with Crippen LogP contribution in [0.1, 0.15) is 37.8 Å². The molecule has 0 aromatic carbocycles. The first-order chi connectivity index (χ1) is 10.9. The van der Waals surface area contributed by atoms with Gasteiger partial charge < -0.3 is 15.0 Å². The van der Waals surface area contributed by atoms with Crippen molar-refractivity contribution in [2.45, 2.75) is 45.2 Å². The zero-order valence-electron chi connectivity index (χ0n) is 13.7. The van der Waals surface area contributed by atoms with Crippen LogP contribution in [0, 0.1) is 6.92 Å². The van der Waals surface area contributed by atoms with Crippen molar-refractivity contribution in [1.29, 1.82) is 0 Å². The molecule has 0 aliphatic carbocycles. The minimum absolute atomic E-state index is 0.255. The number of hydrogen-bond acceptors (Lipinski definition) is 4. The van der Waals surface area contributed by atoms with Gasteiger partial charge in [-0.2, -0.15) is 11.8 Å². The number of rotatable bonds is 9. The Hall–Kier alpha value is -1.76. The molecule has 1 aromatic heterocycles. The summed E-state index contributed by atoms with van der Waals surface area (Å²) in [6.45, 7) is 3.73. The molecule has 2 N–H and O–H groups in total. The van der Waals surface area contributed by atoms with Crippen molar-refractivity contribution in [2.24, 2.45) is 0 Å². The smallest absolute Gasteiger partial charge is 0.326 e. The lowest BCUT2D eigenvalue weighted by Gasteiger charge is -2.22. The van der Waals surface area contributed by atoms with Crippen LogP contribution in [0.2, 0.25) is 0 Å². The lowest BCUT2D eigenvalue weighted by molar-refractivity contribution is -0.142. The van der Waals surface area contributed by atoms with E-state index in [0.29, 0.717) is 25.0 Å². The monoisotopic (exact) mass is 340 g/mol. The third-order valence-electron chi connectivity index (χ3n) is 3.53. The Morgan fingerprint density at radius 1 is 1.39 bits per heavy atom. The first-order valence-corrected chi connectivity index (χ1v) is 9.01. The third-order valence-corrected chi connectivity index (χ3v) is 4.17. The van der Waals surface area contributed by atoms with E-state index in [-0.39, 0.29) is 5.56 Å². The molecule has 0 spiro atoms. The van der Waals surface area contributed by atoms with Gasteiger partial charge in [0.2, 0.25) is 5.91 Å². The summed E-state index contributed by atoms with van der Waals surface area (Å²) in [5.74, 6) is -0.842. The normalized spacial score (nSPS) is 13.3. The maximum Gasteiger partial charge on any atom is 0.326 e. The molecule has 1 amide bonds. The van der Waals surface area contributed by atoms with Gasteiger partial charge in [-0.25, -0.2) is 4.79 Å². The molecule has 0 saturated heterocycles. The molecule has 7 heteroatoms. The van der Waals surface area contributed by atoms with Crippen LogP contribution >= 0.6 is 11.8 Å². The number of carboxylic acids is 1. The predicted octanol–water partition coefficient (Wildman–Crippen LogP) is 1.82. The number of nitrogens with one attached hydrogen (secondary N) is 1. The highest BCUT2D eigenvalue weighted by Crippen LogP contribution is 2.13. The van der Waals surface area contributed by atoms with E-state index >= 15 is 0 Å². The first kappa shape index (κ1) is 19.3. The Morgan fingerprint density at radius 2 is 2.09 bits per heavy atom. The number of thioether (sulfide) groups is 1. The number of hydrogen-bond donors (Lipinski definition) is 2. The first-order valence-electron chi connectivity index (χ1n) is 7.61. The predicted molar refractivity (Wildman–Crippen MR) is 91.9 cm³/mol. The fourth-order valence-corrected chi connectivity index (χ4v) is 2.75. The maximum absolute atomic E-state index is 12.5. The average molecular weight is 340 g/mol. The quantitative estimate of drug-likeness (QED) is 0.716. The molecule has 1 rings (SSSR count). The van der Waals surface area contributed by atoms with E-state index in [9.17, 15) is 19.5 Å². The number of carbonyl (C=O) groups is 2. The zero-order valence-corrected chi connectivity index (χ0v) is 14.6. The highest BCUT2D eigenvalue weighted by molar-refractivity contribution is 7.98. The fraction of sp³-hybridized carbons (Fsp3) is 0.562. The van der Waals surface area contributed by atoms with Crippen LogP contribution in [0.3, 0.4) is 0 Å². The van der Waals surface area contributed by atoms with Crippen molar-refractivity contribution in [3.05, 3.63) is 34.2 Å². The largest absolute Gasteiger partial charge is 0.480 e. The van der Waals surface area contributed by atoms with Gasteiger partial charge in [0.1, 0.15) is 12.1 Å². The topological polar surface area (TPSA) is 88.4 Å². The van der Waals surface area contributed by atoms with Crippen molar-refractivity contribution in [3.63, 3.8) is 0 Å². The maximum atomic E-state index is 12.5. The fourth-order valence-electron chi connectivity index (χ4n) is 2.28. The van der Waals surface area contributed by atoms with Crippen molar-refractivity contribution < 1.29 is 14.7 Å². The molecule has 0 bridgehead atoms. The standard InChI is InChI=1S/C16H24N2O4S/c1-4-5-13(18-8-6-11(2)10-14(18)19)15(20)17-12(16(21)22)7-9-23-3/h6,8,10,12-13H,4-5,7,9H2,1-3H3,(H,17,20)(H,21,22). The lowest BCUT2D eigenvalue weighted by atomic mass is 10.1. The highest BCUT2D eigenvalue weighted by Gasteiger charge is 2.26. The molecular formula is C16H24N2O4S. The van der Waals surface area contributed by atoms with E-state index in [0.717, 1.165) is 5.56 Å². The molecule has 1 aromatic rings. The van der Waals surface area contributed by atoms with Crippen molar-refractivity contribution in [1.82, 2.24) is 9.88 Å². The second-order valence-corrected chi connectivity index (χ2v) is 6.42. The Bertz CT molecular complexity index is 600. The summed E-state index contributed by atoms with van der Waals surface area (Å²) in [4.78, 5) is 35.9. The highest BCUT2D eigenvalue weighted by atomic mass is 32.2. The van der Waals surface area contributed by atoms with E-state index < -0.39 is 24.0 Å². The number of aryl methyl sites for hydroxylation is 1. The number of carbonyl (C=O) groups excluding carboxylic acids is 1. The molecule has 2 atom stereocenters. The van der Waals surface area contributed by atoms with Crippen LogP contribution in [0.25, 0.3) is 0 Å². The van der Waals surface area contributed by atoms with Crippen LogP contribution in [-0.4, -0.2) is 39.6 Å². The van der Waals surface area contributed by atoms with Crippen molar-refractivity contribution >= 4 is 23.6 Å². The van der Waals surface area contributed by atoms with Crippen molar-refractivity contribution in [3.8, 4) is 0 Å². The summed E-state index contributed by atoms with van der Waals surface area (Å²) in [5.41, 5.74) is 0.569. The summed E-state index contributed by atoms with van der Waals surface area (Å²) in [6, 6.07) is 1.61. The van der Waals surface area contributed by atoms with E-state index in [2.05, 4.69) is 5.32 Å². The van der Waals surface area contributed by atoms with Gasteiger partial charge >= 0.3 is 5.97 Å². The average Bonchev–Trinajstić information content (AvgIpc) is 2.49. The number of carboxylic acid groups (broad SMARTS) is 1. The van der Waals surface area contributed by atoms with Crippen LogP contribution in [-0.2, 0) is 9.59 Å². The Morgan fingerprint density at radius 3 is 2.61 bits per heavy atom. The van der Waals surface area contributed by atoms with Gasteiger partial charge in [-0.15, -0.1) is 0 Å². The molecule has 1 heterocycles. The summed E-state index contributed by atoms with van der Waals surface area (Å²) in [6.07, 6.45) is 5.01. The minimum atomic E-state index is -1.06. The van der Waals surface area contributed by atoms with Crippen LogP contribution in [0.5, 0.6) is 0 Å². The van der Waals surface area contributed by atoms with Crippen LogP contribution in [0.4, 0.5) is 0 Å². The second-order valence-electron chi connectivity index (χ2n) is 5.43. The summed E-state index contributed by atoms with van der Waals surface area (Å²) in [7, 11) is 0. The van der Waals surface area contributed by atoms with Crippen LogP contribution in [0.15, 0.2) is 23.1 Å². The molecule has 0 aliphatic heterocycles. The molecule has 128 valence electrons. The molecular weight excluding hydrogens is 316 g/mol. The van der Waals surface area contributed by atoms with E-state index in [1.54, 1.807) is 12.3 Å². The van der Waals surface area contributed by atoms with E-state index in [4.69, 9.17) is 0 Å². The van der Waals surface area contributed by atoms with E-state index in [1.165, 1.54) is 22.4 Å². The third kappa shape index (κ3) is 5.74. The Kier molecular flexibility index (Phi) is 7.88. The summed E-state index contributed by atoms with van der Waals surface area (Å²) in [5, 5.41) is 11.8. The number of aliphatic carboxylic acids is 1. The molecule has 6 nitrogen and oxygen atoms in total. The van der Waals surface area contributed by atoms with Gasteiger partial charge in [0.25, 0.3) is 5.56 Å². The number of nitrogens with zero attached hydrogens (tertiary/aromatic N) is 1. The molecule has 0 aliphatic rings. The SMILES string of the molecule is CCCC(C(=O)NC(CCSC)C(=O)O)n1ccc(C)cc1=O. The second kappa shape index (κ2) is 9.39. The Balaban J connectivity index is 2.97. The van der Waals surface area contributed by atoms with Gasteiger partial charge in [-0.05, 0) is 43.4 Å². The minimum Gasteiger partial charge on any atom is -0.480 e. The lowest BCUT2D eigenvalue weighted by Crippen LogP contribution is -2.45. The summed E-state index contributed by atoms with van der Waals surface area (Å²) >= 11 is 1.52. The van der Waals surface area contributed by atoms with Gasteiger partial charge in [-0.3, -0.25) is 9.59 Å². The molecule has 2 unspecified atom stereocenters. The van der Waals surface area contributed by atoms with E-state index in [1.807, 2.05) is 20.1 Å². The molecule has 0 radical (unpaired) electrons. The number of pyridine rings is 1. The number of aromatic nitrogens is 1. The zero-order chi connectivity index (χ0) is 17.4. The molecule has 23 heavy (non-hydrogen) atoms. The molecule has 0 fully saturated rings. The van der Waals surface area contributed by atoms with Crippen molar-refractivity contribution in [2.75, 3.05) is 12.0 Å². The van der Waals surface area contributed by atoms with Gasteiger partial charge in [0.15, 0.2) is 0 Å². The molecule has 0 saturated carbocycles.